The van der Waals surface area contributed by atoms with Crippen molar-refractivity contribution in [2.75, 3.05) is 26.2 Å². The number of likely N-dealkylation sites (tertiary alicyclic amines) is 1. The van der Waals surface area contributed by atoms with Crippen LogP contribution in [0.4, 0.5) is 0 Å². The van der Waals surface area contributed by atoms with Crippen molar-refractivity contribution in [3.05, 3.63) is 35.2 Å². The number of nitrogens with zero attached hydrogens (tertiary/aromatic N) is 3. The fourth-order valence-corrected chi connectivity index (χ4v) is 3.55. The lowest BCUT2D eigenvalue weighted by molar-refractivity contribution is -0.126. The minimum atomic E-state index is 0.0836. The van der Waals surface area contributed by atoms with Gasteiger partial charge in [0.1, 0.15) is 0 Å². The molecule has 0 spiro atoms. The van der Waals surface area contributed by atoms with Crippen molar-refractivity contribution in [3.8, 4) is 11.4 Å². The van der Waals surface area contributed by atoms with Crippen LogP contribution in [0.3, 0.4) is 0 Å². The van der Waals surface area contributed by atoms with Gasteiger partial charge in [-0.05, 0) is 37.9 Å². The van der Waals surface area contributed by atoms with Crippen molar-refractivity contribution in [1.29, 1.82) is 0 Å². The van der Waals surface area contributed by atoms with E-state index in [0.717, 1.165) is 57.4 Å². The van der Waals surface area contributed by atoms with Gasteiger partial charge in [-0.25, -0.2) is 0 Å². The van der Waals surface area contributed by atoms with E-state index in [-0.39, 0.29) is 11.8 Å². The average molecular weight is 391 g/mol. The van der Waals surface area contributed by atoms with Crippen molar-refractivity contribution in [2.45, 2.75) is 39.0 Å². The zero-order valence-electron chi connectivity index (χ0n) is 15.8. The fraction of sp³-hybridized carbons (Fsp3) is 0.550. The molecule has 0 bridgehead atoms. The van der Waals surface area contributed by atoms with Crippen LogP contribution in [0.2, 0.25) is 5.02 Å². The highest BCUT2D eigenvalue weighted by atomic mass is 35.5. The Morgan fingerprint density at radius 1 is 1.44 bits per heavy atom. The van der Waals surface area contributed by atoms with E-state index in [1.165, 1.54) is 0 Å². The van der Waals surface area contributed by atoms with Crippen LogP contribution in [0.15, 0.2) is 28.8 Å². The van der Waals surface area contributed by atoms with Crippen LogP contribution < -0.4 is 5.32 Å². The monoisotopic (exact) mass is 390 g/mol. The van der Waals surface area contributed by atoms with Crippen molar-refractivity contribution in [2.24, 2.45) is 5.92 Å². The molecule has 146 valence electrons. The lowest BCUT2D eigenvalue weighted by Gasteiger charge is -2.31. The number of unbranched alkanes of at least 4 members (excludes halogenated alkanes) is 1. The smallest absolute Gasteiger partial charge is 0.228 e. The van der Waals surface area contributed by atoms with Crippen molar-refractivity contribution >= 4 is 17.5 Å². The third-order valence-electron chi connectivity index (χ3n) is 4.90. The molecular formula is C20H27ClN4O2. The van der Waals surface area contributed by atoms with E-state index in [1.54, 1.807) is 0 Å². The Kier molecular flexibility index (Phi) is 7.24. The molecule has 1 unspecified atom stereocenters. The predicted molar refractivity (Wildman–Crippen MR) is 106 cm³/mol. The molecule has 2 heterocycles. The van der Waals surface area contributed by atoms with Crippen LogP contribution >= 0.6 is 11.6 Å². The molecule has 1 aliphatic heterocycles. The molecule has 1 fully saturated rings. The molecule has 2 aromatic rings. The summed E-state index contributed by atoms with van der Waals surface area (Å²) in [6, 6.07) is 7.42. The van der Waals surface area contributed by atoms with E-state index < -0.39 is 0 Å². The van der Waals surface area contributed by atoms with Crippen molar-refractivity contribution < 1.29 is 9.32 Å². The summed E-state index contributed by atoms with van der Waals surface area (Å²) >= 11 is 6.02. The molecule has 1 amide bonds. The van der Waals surface area contributed by atoms with Gasteiger partial charge in [0.05, 0.1) is 5.92 Å². The maximum Gasteiger partial charge on any atom is 0.228 e. The maximum absolute atomic E-state index is 12.3. The predicted octanol–water partition coefficient (Wildman–Crippen LogP) is 3.56. The van der Waals surface area contributed by atoms with E-state index in [2.05, 4.69) is 27.3 Å². The van der Waals surface area contributed by atoms with Gasteiger partial charge in [0, 0.05) is 36.6 Å². The number of aromatic nitrogens is 2. The highest BCUT2D eigenvalue weighted by Gasteiger charge is 2.25. The van der Waals surface area contributed by atoms with Crippen LogP contribution in [-0.2, 0) is 11.2 Å². The minimum absolute atomic E-state index is 0.0836. The van der Waals surface area contributed by atoms with Gasteiger partial charge in [0.2, 0.25) is 17.6 Å². The number of benzene rings is 1. The SMILES string of the molecule is CCCCNC(=O)C1CCCN(CCc2nc(-c3cccc(Cl)c3)no2)C1. The van der Waals surface area contributed by atoms with Crippen LogP contribution in [-0.4, -0.2) is 47.1 Å². The van der Waals surface area contributed by atoms with Gasteiger partial charge >= 0.3 is 0 Å². The molecule has 0 saturated carbocycles. The van der Waals surface area contributed by atoms with Crippen LogP contribution in [0.5, 0.6) is 0 Å². The first-order chi connectivity index (χ1) is 13.2. The van der Waals surface area contributed by atoms with Gasteiger partial charge in [0.15, 0.2) is 0 Å². The molecule has 0 radical (unpaired) electrons. The highest BCUT2D eigenvalue weighted by Crippen LogP contribution is 2.21. The Hall–Kier alpha value is -1.92. The number of amides is 1. The molecule has 3 rings (SSSR count). The van der Waals surface area contributed by atoms with Crippen molar-refractivity contribution in [1.82, 2.24) is 20.4 Å². The lowest BCUT2D eigenvalue weighted by Crippen LogP contribution is -2.43. The quantitative estimate of drug-likeness (QED) is 0.698. The zero-order chi connectivity index (χ0) is 19.1. The van der Waals surface area contributed by atoms with Gasteiger partial charge in [-0.3, -0.25) is 4.79 Å². The van der Waals surface area contributed by atoms with Gasteiger partial charge in [-0.15, -0.1) is 0 Å². The fourth-order valence-electron chi connectivity index (χ4n) is 3.36. The Morgan fingerprint density at radius 3 is 3.15 bits per heavy atom. The summed E-state index contributed by atoms with van der Waals surface area (Å²) in [6.45, 7) is 5.53. The molecule has 27 heavy (non-hydrogen) atoms. The number of nitrogens with one attached hydrogen (secondary N) is 1. The van der Waals surface area contributed by atoms with Gasteiger partial charge in [0.25, 0.3) is 0 Å². The molecule has 1 atom stereocenters. The van der Waals surface area contributed by atoms with E-state index in [4.69, 9.17) is 16.1 Å². The topological polar surface area (TPSA) is 71.3 Å². The van der Waals surface area contributed by atoms with E-state index in [1.807, 2.05) is 24.3 Å². The second-order valence-electron chi connectivity index (χ2n) is 7.06. The number of piperidine rings is 1. The molecule has 1 aromatic heterocycles. The van der Waals surface area contributed by atoms with Gasteiger partial charge in [-0.2, -0.15) is 4.98 Å². The maximum atomic E-state index is 12.3. The van der Waals surface area contributed by atoms with Crippen LogP contribution in [0.1, 0.15) is 38.5 Å². The van der Waals surface area contributed by atoms with Gasteiger partial charge < -0.3 is 14.7 Å². The molecule has 1 aliphatic rings. The Morgan fingerprint density at radius 2 is 2.33 bits per heavy atom. The third-order valence-corrected chi connectivity index (χ3v) is 5.13. The number of carbonyl (C=O) groups is 1. The average Bonchev–Trinajstić information content (AvgIpc) is 3.16. The zero-order valence-corrected chi connectivity index (χ0v) is 16.5. The highest BCUT2D eigenvalue weighted by molar-refractivity contribution is 6.30. The summed E-state index contributed by atoms with van der Waals surface area (Å²) in [6.07, 6.45) is 4.82. The summed E-state index contributed by atoms with van der Waals surface area (Å²) in [4.78, 5) is 19.1. The molecule has 6 nitrogen and oxygen atoms in total. The number of halogens is 1. The Bertz CT molecular complexity index is 749. The summed E-state index contributed by atoms with van der Waals surface area (Å²) in [5, 5.41) is 7.75. The van der Waals surface area contributed by atoms with Crippen molar-refractivity contribution in [3.63, 3.8) is 0 Å². The molecule has 7 heteroatoms. The number of hydrogen-bond donors (Lipinski definition) is 1. The summed E-state index contributed by atoms with van der Waals surface area (Å²) in [7, 11) is 0. The number of rotatable bonds is 8. The Labute approximate surface area is 165 Å². The second kappa shape index (κ2) is 9.85. The standard InChI is InChI=1S/C20H27ClN4O2/c1-2-3-10-22-20(26)16-7-5-11-25(14-16)12-9-18-23-19(24-27-18)15-6-4-8-17(21)13-15/h4,6,8,13,16H,2-3,5,7,9-12,14H2,1H3,(H,22,26). The minimum Gasteiger partial charge on any atom is -0.356 e. The third kappa shape index (κ3) is 5.78. The van der Waals surface area contributed by atoms with E-state index in [0.29, 0.717) is 23.2 Å². The van der Waals surface area contributed by atoms with E-state index in [9.17, 15) is 4.79 Å². The summed E-state index contributed by atoms with van der Waals surface area (Å²) in [5.41, 5.74) is 0.847. The molecule has 1 N–H and O–H groups in total. The largest absolute Gasteiger partial charge is 0.356 e. The van der Waals surface area contributed by atoms with Crippen LogP contribution in [0, 0.1) is 5.92 Å². The second-order valence-corrected chi connectivity index (χ2v) is 7.49. The molecule has 0 aliphatic carbocycles. The number of hydrogen-bond acceptors (Lipinski definition) is 5. The summed E-state index contributed by atoms with van der Waals surface area (Å²) in [5.74, 6) is 1.44. The van der Waals surface area contributed by atoms with Crippen LogP contribution in [0.25, 0.3) is 11.4 Å². The Balaban J connectivity index is 1.49. The van der Waals surface area contributed by atoms with E-state index >= 15 is 0 Å². The molecule has 1 aromatic carbocycles. The molecule has 1 saturated heterocycles. The lowest BCUT2D eigenvalue weighted by atomic mass is 9.97. The molecular weight excluding hydrogens is 364 g/mol. The van der Waals surface area contributed by atoms with Gasteiger partial charge in [-0.1, -0.05) is 42.2 Å². The first-order valence-corrected chi connectivity index (χ1v) is 10.1. The number of carbonyl (C=O) groups excluding carboxylic acids is 1. The summed E-state index contributed by atoms with van der Waals surface area (Å²) < 4.78 is 5.38. The first-order valence-electron chi connectivity index (χ1n) is 9.74. The normalized spacial score (nSPS) is 17.8. The first kappa shape index (κ1) is 19.8.